The van der Waals surface area contributed by atoms with Gasteiger partial charge in [0, 0.05) is 32.1 Å². The van der Waals surface area contributed by atoms with E-state index >= 15 is 0 Å². The zero-order valence-electron chi connectivity index (χ0n) is 26.8. The van der Waals surface area contributed by atoms with Crippen LogP contribution in [-0.4, -0.2) is 32.0 Å². The number of hydrogen-bond donors (Lipinski definition) is 3. The Bertz CT molecular complexity index is 2970. The number of H-pyrrole nitrogens is 3. The van der Waals surface area contributed by atoms with Gasteiger partial charge in [0.05, 0.1) is 40.5 Å². The average molecular weight is 739 g/mol. The van der Waals surface area contributed by atoms with Crippen LogP contribution in [0.15, 0.2) is 115 Å². The first-order chi connectivity index (χ1) is 24.8. The van der Waals surface area contributed by atoms with E-state index in [1.807, 2.05) is 72.8 Å². The molecule has 0 aliphatic rings. The topological polar surface area (TPSA) is 82.4 Å². The van der Waals surface area contributed by atoms with Crippen LogP contribution < -0.4 is 4.74 Å². The summed E-state index contributed by atoms with van der Waals surface area (Å²) in [4.78, 5) is 20.9. The quantitative estimate of drug-likeness (QED) is 0.121. The van der Waals surface area contributed by atoms with Crippen molar-refractivity contribution in [1.29, 1.82) is 0 Å². The summed E-state index contributed by atoms with van der Waals surface area (Å²) in [6.07, 6.45) is 0. The number of aromatic nitrogens is 5. The molecule has 10 heteroatoms. The fraction of sp³-hybridized carbons (Fsp3) is 0.0244. The highest BCUT2D eigenvalue weighted by Gasteiger charge is 2.24. The minimum atomic E-state index is 0.398. The lowest BCUT2D eigenvalue weighted by molar-refractivity contribution is 0.415. The normalized spacial score (nSPS) is 11.6. The van der Waals surface area contributed by atoms with Gasteiger partial charge in [0.15, 0.2) is 10.4 Å². The van der Waals surface area contributed by atoms with Gasteiger partial charge in [-0.1, -0.05) is 96.1 Å². The van der Waals surface area contributed by atoms with Crippen LogP contribution in [-0.2, 0) is 0 Å². The number of nitrogens with zero attached hydrogens (tertiary/aromatic N) is 2. The molecule has 0 saturated carbocycles. The predicted octanol–water partition coefficient (Wildman–Crippen LogP) is 12.5. The summed E-state index contributed by atoms with van der Waals surface area (Å²) >= 11 is 24.7. The van der Waals surface area contributed by atoms with Crippen LogP contribution >= 0.6 is 47.6 Å². The minimum absolute atomic E-state index is 0.398. The number of halogens is 2. The highest BCUT2D eigenvalue weighted by molar-refractivity contribution is 7.72. The Kier molecular flexibility index (Phi) is 7.70. The van der Waals surface area contributed by atoms with Crippen LogP contribution in [0.4, 0.5) is 0 Å². The Morgan fingerprint density at radius 1 is 0.647 bits per heavy atom. The fourth-order valence-corrected chi connectivity index (χ4v) is 7.72. The molecule has 0 amide bonds. The first kappa shape index (κ1) is 31.6. The predicted molar refractivity (Wildman–Crippen MR) is 215 cm³/mol. The summed E-state index contributed by atoms with van der Waals surface area (Å²) in [7, 11) is 1.67. The van der Waals surface area contributed by atoms with Crippen molar-refractivity contribution in [2.45, 2.75) is 0 Å². The first-order valence-corrected chi connectivity index (χ1v) is 17.6. The summed E-state index contributed by atoms with van der Waals surface area (Å²) in [6, 6.07) is 38.2. The number of ether oxygens (including phenoxy) is 1. The van der Waals surface area contributed by atoms with Crippen molar-refractivity contribution in [1.82, 2.24) is 24.9 Å². The molecular formula is C41H25Cl2N5OS2. The van der Waals surface area contributed by atoms with Gasteiger partial charge >= 0.3 is 0 Å². The van der Waals surface area contributed by atoms with Gasteiger partial charge in [0.25, 0.3) is 0 Å². The number of methoxy groups -OCH3 is 1. The fourth-order valence-electron chi connectivity index (χ4n) is 6.85. The molecule has 9 aromatic rings. The zero-order valence-corrected chi connectivity index (χ0v) is 30.0. The smallest absolute Gasteiger partial charge is 0.175 e. The summed E-state index contributed by atoms with van der Waals surface area (Å²) in [5.74, 6) is 0.799. The molecule has 51 heavy (non-hydrogen) atoms. The van der Waals surface area contributed by atoms with Crippen LogP contribution in [0.5, 0.6) is 5.75 Å². The Morgan fingerprint density at radius 2 is 1.39 bits per heavy atom. The van der Waals surface area contributed by atoms with E-state index in [0.29, 0.717) is 30.8 Å². The number of benzene rings is 5. The molecule has 5 aromatic carbocycles. The van der Waals surface area contributed by atoms with Crippen LogP contribution in [0, 0.1) is 9.41 Å². The lowest BCUT2D eigenvalue weighted by atomic mass is 9.94. The number of pyridine rings is 2. The lowest BCUT2D eigenvalue weighted by Gasteiger charge is -2.16. The molecule has 246 valence electrons. The Hall–Kier alpha value is -5.38. The van der Waals surface area contributed by atoms with Crippen molar-refractivity contribution >= 4 is 91.2 Å². The number of rotatable bonds is 5. The Balaban J connectivity index is 1.44. The highest BCUT2D eigenvalue weighted by atomic mass is 35.5. The van der Waals surface area contributed by atoms with E-state index in [1.54, 1.807) is 7.11 Å². The second kappa shape index (κ2) is 12.4. The third-order valence-electron chi connectivity index (χ3n) is 9.21. The van der Waals surface area contributed by atoms with Gasteiger partial charge in [0.1, 0.15) is 10.4 Å². The molecule has 0 radical (unpaired) electrons. The zero-order chi connectivity index (χ0) is 34.8. The Labute approximate surface area is 311 Å². The van der Waals surface area contributed by atoms with Gasteiger partial charge in [-0.2, -0.15) is 0 Å². The van der Waals surface area contributed by atoms with Crippen molar-refractivity contribution in [3.8, 4) is 50.6 Å². The second-order valence-electron chi connectivity index (χ2n) is 12.2. The minimum Gasteiger partial charge on any atom is -0.497 e. The van der Waals surface area contributed by atoms with E-state index in [2.05, 4.69) is 57.4 Å². The standard InChI is InChI=1S/C41H25Cl2N5OS2/c1-49-28-15-11-23-17-25(8-7-24(23)18-28)29-20-32(21-9-12-26(42)13-10-21)45-39-34(29)38-35(40(50)48-41(51)47-38)37(46-39)33-30-19-27(43)14-16-31(30)44-36(33)22-5-3-2-4-6-22/h2-20,44H,1H3,(H2,47,48,50,51). The molecule has 4 aromatic heterocycles. The molecule has 0 fully saturated rings. The average Bonchev–Trinajstić information content (AvgIpc) is 3.52. The maximum atomic E-state index is 6.64. The third kappa shape index (κ3) is 5.48. The van der Waals surface area contributed by atoms with Crippen molar-refractivity contribution in [3.05, 3.63) is 135 Å². The van der Waals surface area contributed by atoms with E-state index in [-0.39, 0.29) is 0 Å². The van der Waals surface area contributed by atoms with E-state index < -0.39 is 0 Å². The Morgan fingerprint density at radius 3 is 2.20 bits per heavy atom. The van der Waals surface area contributed by atoms with Gasteiger partial charge in [0.2, 0.25) is 0 Å². The molecule has 0 saturated heterocycles. The summed E-state index contributed by atoms with van der Waals surface area (Å²) < 4.78 is 6.35. The first-order valence-electron chi connectivity index (χ1n) is 16.1. The molecule has 0 aliphatic carbocycles. The highest BCUT2D eigenvalue weighted by Crippen LogP contribution is 2.44. The molecule has 0 atom stereocenters. The number of aromatic amines is 3. The number of fused-ring (bicyclic) bond motifs is 5. The molecule has 0 spiro atoms. The SMILES string of the molecule is COc1ccc2cc(-c3cc(-c4ccc(Cl)cc4)nc4nc(-c5c(-c6ccccc6)[nH]c6ccc(Cl)cc56)c5c(=S)[nH]c(=S)[nH]c5c34)ccc2c1. The van der Waals surface area contributed by atoms with Crippen molar-refractivity contribution in [3.63, 3.8) is 0 Å². The largest absolute Gasteiger partial charge is 0.497 e. The maximum Gasteiger partial charge on any atom is 0.175 e. The van der Waals surface area contributed by atoms with Crippen molar-refractivity contribution in [2.24, 2.45) is 0 Å². The molecule has 0 unspecified atom stereocenters. The summed E-state index contributed by atoms with van der Waals surface area (Å²) in [6.45, 7) is 0. The molecular weight excluding hydrogens is 714 g/mol. The molecule has 0 aliphatic heterocycles. The van der Waals surface area contributed by atoms with Gasteiger partial charge in [-0.15, -0.1) is 0 Å². The van der Waals surface area contributed by atoms with Crippen LogP contribution in [0.25, 0.3) is 88.5 Å². The van der Waals surface area contributed by atoms with E-state index in [0.717, 1.165) is 82.9 Å². The number of nitrogens with one attached hydrogen (secondary N) is 3. The van der Waals surface area contributed by atoms with E-state index in [9.17, 15) is 0 Å². The molecule has 6 nitrogen and oxygen atoms in total. The maximum absolute atomic E-state index is 6.64. The van der Waals surface area contributed by atoms with Crippen molar-refractivity contribution < 1.29 is 4.74 Å². The van der Waals surface area contributed by atoms with Gasteiger partial charge < -0.3 is 19.7 Å². The van der Waals surface area contributed by atoms with E-state index in [4.69, 9.17) is 62.3 Å². The second-order valence-corrected chi connectivity index (χ2v) is 13.9. The van der Waals surface area contributed by atoms with Crippen LogP contribution in [0.3, 0.4) is 0 Å². The molecule has 9 rings (SSSR count). The van der Waals surface area contributed by atoms with Gasteiger partial charge in [-0.25, -0.2) is 9.97 Å². The van der Waals surface area contributed by atoms with Crippen LogP contribution in [0.1, 0.15) is 0 Å². The monoisotopic (exact) mass is 737 g/mol. The van der Waals surface area contributed by atoms with E-state index in [1.165, 1.54) is 0 Å². The van der Waals surface area contributed by atoms with Gasteiger partial charge in [-0.3, -0.25) is 0 Å². The third-order valence-corrected chi connectivity index (χ3v) is 10.2. The lowest BCUT2D eigenvalue weighted by Crippen LogP contribution is -2.00. The molecule has 4 heterocycles. The van der Waals surface area contributed by atoms with Gasteiger partial charge in [-0.05, 0) is 94.3 Å². The summed E-state index contributed by atoms with van der Waals surface area (Å²) in [5, 5.41) is 5.80. The van der Waals surface area contributed by atoms with Crippen molar-refractivity contribution in [2.75, 3.05) is 7.11 Å². The van der Waals surface area contributed by atoms with Crippen LogP contribution in [0.2, 0.25) is 10.0 Å². The molecule has 3 N–H and O–H groups in total. The molecule has 0 bridgehead atoms. The number of hydrogen-bond acceptors (Lipinski definition) is 5. The summed E-state index contributed by atoms with van der Waals surface area (Å²) in [5.41, 5.74) is 9.10.